The Balaban J connectivity index is 1.27. The third-order valence-electron chi connectivity index (χ3n) is 5.96. The quantitative estimate of drug-likeness (QED) is 0.285. The summed E-state index contributed by atoms with van der Waals surface area (Å²) in [6.45, 7) is 2.04. The molecule has 6 rings (SSSR count). The van der Waals surface area contributed by atoms with Crippen molar-refractivity contribution in [2.24, 2.45) is 0 Å². The Morgan fingerprint density at radius 2 is 1.57 bits per heavy atom. The molecule has 0 spiro atoms. The van der Waals surface area contributed by atoms with Crippen molar-refractivity contribution in [1.82, 2.24) is 25.1 Å². The van der Waals surface area contributed by atoms with Crippen molar-refractivity contribution in [2.45, 2.75) is 6.92 Å². The van der Waals surface area contributed by atoms with Crippen LogP contribution in [-0.2, 0) is 0 Å². The first-order valence-electron chi connectivity index (χ1n) is 11.7. The summed E-state index contributed by atoms with van der Waals surface area (Å²) in [5.41, 5.74) is 4.28. The van der Waals surface area contributed by atoms with E-state index in [1.165, 1.54) is 0 Å². The van der Waals surface area contributed by atoms with Gasteiger partial charge in [-0.1, -0.05) is 24.3 Å². The van der Waals surface area contributed by atoms with E-state index in [0.717, 1.165) is 44.3 Å². The van der Waals surface area contributed by atoms with Crippen LogP contribution in [0.5, 0.6) is 17.4 Å². The average molecular weight is 487 g/mol. The molecule has 1 N–H and O–H groups in total. The highest BCUT2D eigenvalue weighted by molar-refractivity contribution is 6.00. The van der Waals surface area contributed by atoms with Crippen molar-refractivity contribution in [3.05, 3.63) is 97.0 Å². The zero-order chi connectivity index (χ0) is 25.2. The molecule has 0 aliphatic rings. The number of nitrogens with zero attached hydrogens (tertiary/aromatic N) is 5. The molecule has 4 aromatic heterocycles. The molecule has 0 fully saturated rings. The fourth-order valence-corrected chi connectivity index (χ4v) is 4.12. The van der Waals surface area contributed by atoms with Crippen molar-refractivity contribution >= 4 is 33.2 Å². The number of methoxy groups -OCH3 is 1. The number of nitrogens with one attached hydrogen (secondary N) is 1. The molecule has 8 nitrogen and oxygen atoms in total. The maximum Gasteiger partial charge on any atom is 0.215 e. The Kier molecular flexibility index (Phi) is 5.74. The van der Waals surface area contributed by atoms with E-state index in [1.807, 2.05) is 73.7 Å². The van der Waals surface area contributed by atoms with Crippen LogP contribution in [0.4, 0.5) is 11.5 Å². The normalized spacial score (nSPS) is 11.0. The molecule has 0 aliphatic carbocycles. The maximum atomic E-state index is 6.13. The smallest absolute Gasteiger partial charge is 0.215 e. The van der Waals surface area contributed by atoms with Crippen molar-refractivity contribution < 1.29 is 9.47 Å². The third-order valence-corrected chi connectivity index (χ3v) is 5.96. The molecule has 0 saturated heterocycles. The van der Waals surface area contributed by atoms with Crippen LogP contribution in [0.25, 0.3) is 33.1 Å². The number of ether oxygens (including phenoxy) is 2. The first-order valence-corrected chi connectivity index (χ1v) is 11.7. The fourth-order valence-electron chi connectivity index (χ4n) is 4.12. The number of aromatic nitrogens is 5. The molecule has 0 saturated carbocycles. The van der Waals surface area contributed by atoms with E-state index >= 15 is 0 Å². The van der Waals surface area contributed by atoms with Crippen LogP contribution in [0.15, 0.2) is 91.4 Å². The van der Waals surface area contributed by atoms with Crippen molar-refractivity contribution in [1.29, 1.82) is 0 Å². The van der Waals surface area contributed by atoms with Crippen molar-refractivity contribution in [3.8, 4) is 28.8 Å². The molecule has 37 heavy (non-hydrogen) atoms. The Bertz CT molecular complexity index is 1740. The molecular weight excluding hydrogens is 464 g/mol. The SMILES string of the molecule is COc1cc2nccc(Oc3ccc(Nc4nnc(-c5cc(C)ccn5)c5ccccc45)cc3)c2cn1. The van der Waals surface area contributed by atoms with Crippen LogP contribution in [0.3, 0.4) is 0 Å². The summed E-state index contributed by atoms with van der Waals surface area (Å²) in [5, 5.41) is 15.1. The number of hydrogen-bond donors (Lipinski definition) is 1. The molecule has 0 amide bonds. The number of pyridine rings is 3. The highest BCUT2D eigenvalue weighted by atomic mass is 16.5. The highest BCUT2D eigenvalue weighted by Gasteiger charge is 2.13. The first-order chi connectivity index (χ1) is 18.2. The zero-order valence-electron chi connectivity index (χ0n) is 20.2. The van der Waals surface area contributed by atoms with E-state index in [4.69, 9.17) is 9.47 Å². The standard InChI is InChI=1S/C29H22N6O2/c1-18-11-13-31-25(15-18)28-21-5-3-4-6-22(21)29(35-34-28)33-19-7-9-20(10-8-19)37-26-12-14-30-24-16-27(36-2)32-17-23(24)26/h3-17H,1-2H3,(H,33,35). The van der Waals surface area contributed by atoms with Gasteiger partial charge >= 0.3 is 0 Å². The summed E-state index contributed by atoms with van der Waals surface area (Å²) in [6.07, 6.45) is 5.19. The topological polar surface area (TPSA) is 94.9 Å². The van der Waals surface area contributed by atoms with Gasteiger partial charge in [0.1, 0.15) is 17.2 Å². The molecule has 0 bridgehead atoms. The molecule has 0 atom stereocenters. The molecule has 180 valence electrons. The second-order valence-electron chi connectivity index (χ2n) is 8.47. The first kappa shape index (κ1) is 22.4. The lowest BCUT2D eigenvalue weighted by molar-refractivity contribution is 0.398. The molecule has 0 aliphatic heterocycles. The van der Waals surface area contributed by atoms with Crippen LogP contribution in [-0.4, -0.2) is 32.3 Å². The van der Waals surface area contributed by atoms with Crippen LogP contribution >= 0.6 is 0 Å². The summed E-state index contributed by atoms with van der Waals surface area (Å²) in [7, 11) is 1.58. The summed E-state index contributed by atoms with van der Waals surface area (Å²) in [5.74, 6) is 2.52. The lowest BCUT2D eigenvalue weighted by atomic mass is 10.1. The Morgan fingerprint density at radius 3 is 2.38 bits per heavy atom. The molecule has 0 unspecified atom stereocenters. The molecular formula is C29H22N6O2. The monoisotopic (exact) mass is 486 g/mol. The Hall–Kier alpha value is -5.11. The molecule has 4 heterocycles. The van der Waals surface area contributed by atoms with Gasteiger partial charge in [-0.2, -0.15) is 0 Å². The number of benzene rings is 2. The van der Waals surface area contributed by atoms with Crippen LogP contribution < -0.4 is 14.8 Å². The van der Waals surface area contributed by atoms with E-state index in [9.17, 15) is 0 Å². The van der Waals surface area contributed by atoms with Gasteiger partial charge in [-0.05, 0) is 55.0 Å². The number of rotatable bonds is 6. The van der Waals surface area contributed by atoms with Gasteiger partial charge < -0.3 is 14.8 Å². The van der Waals surface area contributed by atoms with Gasteiger partial charge in [0.15, 0.2) is 5.82 Å². The molecule has 6 aromatic rings. The Labute approximate surface area is 213 Å². The van der Waals surface area contributed by atoms with Gasteiger partial charge in [0.2, 0.25) is 5.88 Å². The van der Waals surface area contributed by atoms with Gasteiger partial charge in [-0.25, -0.2) is 4.98 Å². The number of hydrogen-bond acceptors (Lipinski definition) is 8. The summed E-state index contributed by atoms with van der Waals surface area (Å²) < 4.78 is 11.3. The van der Waals surface area contributed by atoms with E-state index in [1.54, 1.807) is 31.8 Å². The summed E-state index contributed by atoms with van der Waals surface area (Å²) >= 11 is 0. The molecule has 8 heteroatoms. The lowest BCUT2D eigenvalue weighted by Gasteiger charge is -2.12. The lowest BCUT2D eigenvalue weighted by Crippen LogP contribution is -2.00. The van der Waals surface area contributed by atoms with Crippen LogP contribution in [0, 0.1) is 6.92 Å². The van der Waals surface area contributed by atoms with E-state index in [-0.39, 0.29) is 0 Å². The second-order valence-corrected chi connectivity index (χ2v) is 8.47. The van der Waals surface area contributed by atoms with Crippen molar-refractivity contribution in [2.75, 3.05) is 12.4 Å². The van der Waals surface area contributed by atoms with E-state index < -0.39 is 0 Å². The van der Waals surface area contributed by atoms with Crippen LogP contribution in [0.2, 0.25) is 0 Å². The molecule has 0 radical (unpaired) electrons. The number of anilines is 2. The summed E-state index contributed by atoms with van der Waals surface area (Å²) in [6, 6.07) is 23.3. The van der Waals surface area contributed by atoms with Gasteiger partial charge in [0, 0.05) is 41.1 Å². The number of fused-ring (bicyclic) bond motifs is 2. The molecule has 2 aromatic carbocycles. The van der Waals surface area contributed by atoms with Gasteiger partial charge in [0.05, 0.1) is 23.7 Å². The second kappa shape index (κ2) is 9.50. The average Bonchev–Trinajstić information content (AvgIpc) is 2.94. The van der Waals surface area contributed by atoms with Crippen molar-refractivity contribution in [3.63, 3.8) is 0 Å². The fraction of sp³-hybridized carbons (Fsp3) is 0.0690. The maximum absolute atomic E-state index is 6.13. The zero-order valence-corrected chi connectivity index (χ0v) is 20.2. The third kappa shape index (κ3) is 4.48. The van der Waals surface area contributed by atoms with Gasteiger partial charge in [-0.15, -0.1) is 10.2 Å². The summed E-state index contributed by atoms with van der Waals surface area (Å²) in [4.78, 5) is 13.1. The largest absolute Gasteiger partial charge is 0.481 e. The highest BCUT2D eigenvalue weighted by Crippen LogP contribution is 2.33. The van der Waals surface area contributed by atoms with E-state index in [2.05, 4.69) is 30.5 Å². The number of aryl methyl sites for hydroxylation is 1. The minimum Gasteiger partial charge on any atom is -0.481 e. The van der Waals surface area contributed by atoms with Gasteiger partial charge in [0.25, 0.3) is 0 Å². The van der Waals surface area contributed by atoms with Gasteiger partial charge in [-0.3, -0.25) is 9.97 Å². The van der Waals surface area contributed by atoms with E-state index in [0.29, 0.717) is 23.2 Å². The predicted octanol–water partition coefficient (Wildman–Crippen LogP) is 6.49. The minimum absolute atomic E-state index is 0.506. The van der Waals surface area contributed by atoms with Crippen LogP contribution in [0.1, 0.15) is 5.56 Å². The minimum atomic E-state index is 0.506. The Morgan fingerprint density at radius 1 is 0.757 bits per heavy atom. The predicted molar refractivity (Wildman–Crippen MR) is 143 cm³/mol.